The smallest absolute Gasteiger partial charge is 0.167 e. The lowest BCUT2D eigenvalue weighted by molar-refractivity contribution is -0.0289. The van der Waals surface area contributed by atoms with Crippen molar-refractivity contribution in [3.05, 3.63) is 49.1 Å². The van der Waals surface area contributed by atoms with Gasteiger partial charge in [-0.05, 0) is 12.1 Å². The van der Waals surface area contributed by atoms with Gasteiger partial charge in [0.15, 0.2) is 17.7 Å². The van der Waals surface area contributed by atoms with E-state index in [9.17, 15) is 10.2 Å². The monoisotopic (exact) mass is 410 g/mol. The first kappa shape index (κ1) is 18.3. The number of para-hydroxylation sites is 1. The number of thioether (sulfide) groups is 1. The summed E-state index contributed by atoms with van der Waals surface area (Å²) in [6.45, 7) is 0. The number of hydrogen-bond acceptors (Lipinski definition) is 9. The molecule has 4 N–H and O–H groups in total. The molecule has 29 heavy (non-hydrogen) atoms. The van der Waals surface area contributed by atoms with Crippen LogP contribution in [0.5, 0.6) is 0 Å². The fourth-order valence-electron chi connectivity index (χ4n) is 3.45. The van der Waals surface area contributed by atoms with Crippen LogP contribution < -0.4 is 5.73 Å². The van der Waals surface area contributed by atoms with E-state index in [0.717, 1.165) is 15.9 Å². The van der Waals surface area contributed by atoms with Gasteiger partial charge in [0.2, 0.25) is 0 Å². The van der Waals surface area contributed by atoms with Crippen LogP contribution in [-0.4, -0.2) is 58.8 Å². The van der Waals surface area contributed by atoms with Crippen molar-refractivity contribution < 1.29 is 14.9 Å². The molecule has 1 aliphatic heterocycles. The lowest BCUT2D eigenvalue weighted by Crippen LogP contribution is -2.32. The SMILES string of the molecule is Nc1ncnc2c1ncn2C1OC(CSc2ccc3ccccc3n2)[C@@H](O)[C@H]1O. The summed E-state index contributed by atoms with van der Waals surface area (Å²) in [5.41, 5.74) is 7.60. The van der Waals surface area contributed by atoms with Gasteiger partial charge in [-0.1, -0.05) is 24.3 Å². The van der Waals surface area contributed by atoms with Gasteiger partial charge in [-0.3, -0.25) is 4.57 Å². The Morgan fingerprint density at radius 2 is 1.93 bits per heavy atom. The summed E-state index contributed by atoms with van der Waals surface area (Å²) in [5.74, 6) is 0.681. The van der Waals surface area contributed by atoms with E-state index in [0.29, 0.717) is 16.9 Å². The largest absolute Gasteiger partial charge is 0.387 e. The van der Waals surface area contributed by atoms with E-state index < -0.39 is 24.5 Å². The van der Waals surface area contributed by atoms with Gasteiger partial charge in [-0.25, -0.2) is 19.9 Å². The van der Waals surface area contributed by atoms with Gasteiger partial charge in [0, 0.05) is 11.1 Å². The maximum Gasteiger partial charge on any atom is 0.167 e. The highest BCUT2D eigenvalue weighted by Gasteiger charge is 2.44. The summed E-state index contributed by atoms with van der Waals surface area (Å²) in [4.78, 5) is 16.9. The third-order valence-electron chi connectivity index (χ3n) is 4.97. The van der Waals surface area contributed by atoms with Gasteiger partial charge in [0.25, 0.3) is 0 Å². The van der Waals surface area contributed by atoms with Crippen LogP contribution in [0.25, 0.3) is 22.1 Å². The molecule has 0 amide bonds. The van der Waals surface area contributed by atoms with Crippen molar-refractivity contribution in [3.8, 4) is 0 Å². The van der Waals surface area contributed by atoms with Crippen molar-refractivity contribution in [2.24, 2.45) is 0 Å². The molecule has 148 valence electrons. The number of fused-ring (bicyclic) bond motifs is 2. The summed E-state index contributed by atoms with van der Waals surface area (Å²) < 4.78 is 7.53. The van der Waals surface area contributed by atoms with Crippen LogP contribution in [0.1, 0.15) is 6.23 Å². The normalized spacial score (nSPS) is 24.5. The minimum absolute atomic E-state index is 0.247. The third-order valence-corrected chi connectivity index (χ3v) is 5.99. The number of benzene rings is 1. The molecule has 10 heteroatoms. The van der Waals surface area contributed by atoms with Gasteiger partial charge in [-0.15, -0.1) is 11.8 Å². The molecule has 1 fully saturated rings. The van der Waals surface area contributed by atoms with E-state index in [2.05, 4.69) is 19.9 Å². The predicted molar refractivity (Wildman–Crippen MR) is 108 cm³/mol. The molecule has 9 nitrogen and oxygen atoms in total. The van der Waals surface area contributed by atoms with Crippen molar-refractivity contribution in [2.75, 3.05) is 11.5 Å². The van der Waals surface area contributed by atoms with Crippen LogP contribution >= 0.6 is 11.8 Å². The number of nitrogens with two attached hydrogens (primary N) is 1. The summed E-state index contributed by atoms with van der Waals surface area (Å²) >= 11 is 1.47. The zero-order valence-electron chi connectivity index (χ0n) is 15.2. The predicted octanol–water partition coefficient (Wildman–Crippen LogP) is 1.37. The molecule has 0 aliphatic carbocycles. The molecule has 1 aliphatic rings. The second-order valence-electron chi connectivity index (χ2n) is 6.78. The number of rotatable bonds is 4. The Kier molecular flexibility index (Phi) is 4.55. The maximum absolute atomic E-state index is 10.5. The van der Waals surface area contributed by atoms with E-state index >= 15 is 0 Å². The first-order chi connectivity index (χ1) is 14.1. The van der Waals surface area contributed by atoms with Crippen molar-refractivity contribution >= 4 is 39.6 Å². The zero-order valence-corrected chi connectivity index (χ0v) is 16.0. The second-order valence-corrected chi connectivity index (χ2v) is 7.82. The highest BCUT2D eigenvalue weighted by Crippen LogP contribution is 2.34. The Bertz CT molecular complexity index is 1190. The first-order valence-electron chi connectivity index (χ1n) is 9.05. The number of anilines is 1. The van der Waals surface area contributed by atoms with E-state index in [4.69, 9.17) is 10.5 Å². The van der Waals surface area contributed by atoms with Crippen LogP contribution in [0.2, 0.25) is 0 Å². The Labute approximate surface area is 169 Å². The number of nitrogens with zero attached hydrogens (tertiary/aromatic N) is 5. The number of nitrogen functional groups attached to an aromatic ring is 1. The van der Waals surface area contributed by atoms with E-state index in [1.54, 1.807) is 4.57 Å². The molecule has 0 saturated carbocycles. The Morgan fingerprint density at radius 3 is 2.83 bits per heavy atom. The molecule has 4 aromatic rings. The Hall–Kier alpha value is -2.79. The average molecular weight is 410 g/mol. The number of aromatic nitrogens is 5. The van der Waals surface area contributed by atoms with Gasteiger partial charge in [0.1, 0.15) is 24.1 Å². The molecule has 2 unspecified atom stereocenters. The molecule has 0 spiro atoms. The molecule has 0 bridgehead atoms. The van der Waals surface area contributed by atoms with E-state index in [-0.39, 0.29) is 5.82 Å². The van der Waals surface area contributed by atoms with Crippen LogP contribution in [0.15, 0.2) is 54.1 Å². The number of hydrogen-bond donors (Lipinski definition) is 3. The van der Waals surface area contributed by atoms with Crippen molar-refractivity contribution in [3.63, 3.8) is 0 Å². The molecule has 1 saturated heterocycles. The number of imidazole rings is 1. The van der Waals surface area contributed by atoms with Gasteiger partial charge < -0.3 is 20.7 Å². The highest BCUT2D eigenvalue weighted by molar-refractivity contribution is 7.99. The maximum atomic E-state index is 10.5. The number of aliphatic hydroxyl groups is 2. The average Bonchev–Trinajstić information content (AvgIpc) is 3.29. The Morgan fingerprint density at radius 1 is 1.07 bits per heavy atom. The number of ether oxygens (including phenoxy) is 1. The molecule has 0 radical (unpaired) electrons. The summed E-state index contributed by atoms with van der Waals surface area (Å²) in [6.07, 6.45) is -0.768. The molecule has 5 rings (SSSR count). The van der Waals surface area contributed by atoms with Crippen LogP contribution in [0.3, 0.4) is 0 Å². The molecular weight excluding hydrogens is 392 g/mol. The van der Waals surface area contributed by atoms with E-state index in [1.807, 2.05) is 36.4 Å². The zero-order chi connectivity index (χ0) is 20.0. The highest BCUT2D eigenvalue weighted by atomic mass is 32.2. The van der Waals surface area contributed by atoms with E-state index in [1.165, 1.54) is 24.4 Å². The third kappa shape index (κ3) is 3.19. The standard InChI is InChI=1S/C19H18N6O3S/c20-17-14-18(22-8-21-17)25(9-23-14)19-16(27)15(26)12(28-19)7-29-13-6-5-10-3-1-2-4-11(10)24-13/h1-6,8-9,12,15-16,19,26-27H,7H2,(H2,20,21,22)/t12?,15-,16-,19?/m1/s1. The molecule has 4 heterocycles. The molecule has 1 aromatic carbocycles. The van der Waals surface area contributed by atoms with Crippen molar-refractivity contribution in [1.82, 2.24) is 24.5 Å². The van der Waals surface area contributed by atoms with Crippen LogP contribution in [0.4, 0.5) is 5.82 Å². The first-order valence-corrected chi connectivity index (χ1v) is 10.0. The minimum atomic E-state index is -1.13. The second kappa shape index (κ2) is 7.23. The van der Waals surface area contributed by atoms with Crippen LogP contribution in [-0.2, 0) is 4.74 Å². The van der Waals surface area contributed by atoms with Crippen molar-refractivity contribution in [2.45, 2.75) is 29.6 Å². The summed E-state index contributed by atoms with van der Waals surface area (Å²) in [5, 5.41) is 22.9. The molecule has 4 atom stereocenters. The summed E-state index contributed by atoms with van der Waals surface area (Å²) in [7, 11) is 0. The lowest BCUT2D eigenvalue weighted by Gasteiger charge is -2.16. The van der Waals surface area contributed by atoms with Crippen LogP contribution in [0, 0.1) is 0 Å². The quantitative estimate of drug-likeness (QED) is 0.427. The number of pyridine rings is 1. The lowest BCUT2D eigenvalue weighted by atomic mass is 10.1. The summed E-state index contributed by atoms with van der Waals surface area (Å²) in [6, 6.07) is 11.8. The topological polar surface area (TPSA) is 132 Å². The Balaban J connectivity index is 1.34. The fraction of sp³-hybridized carbons (Fsp3) is 0.263. The van der Waals surface area contributed by atoms with Gasteiger partial charge >= 0.3 is 0 Å². The van der Waals surface area contributed by atoms with Gasteiger partial charge in [0.05, 0.1) is 23.0 Å². The molecule has 3 aromatic heterocycles. The van der Waals surface area contributed by atoms with Gasteiger partial charge in [-0.2, -0.15) is 0 Å². The number of aliphatic hydroxyl groups excluding tert-OH is 2. The molecular formula is C19H18N6O3S. The minimum Gasteiger partial charge on any atom is -0.387 e. The fourth-order valence-corrected chi connectivity index (χ4v) is 4.39. The van der Waals surface area contributed by atoms with Crippen molar-refractivity contribution in [1.29, 1.82) is 0 Å².